The third-order valence-electron chi connectivity index (χ3n) is 5.05. The van der Waals surface area contributed by atoms with Gasteiger partial charge in [-0.15, -0.1) is 0 Å². The molecule has 4 rings (SSSR count). The van der Waals surface area contributed by atoms with E-state index in [0.717, 1.165) is 18.7 Å². The van der Waals surface area contributed by atoms with E-state index in [1.807, 2.05) is 17.0 Å². The van der Waals surface area contributed by atoms with Crippen LogP contribution in [0.3, 0.4) is 0 Å². The van der Waals surface area contributed by atoms with Crippen molar-refractivity contribution in [1.82, 2.24) is 19.9 Å². The summed E-state index contributed by atoms with van der Waals surface area (Å²) >= 11 is 11.8. The SMILES string of the molecule is O=C(CCOc1ccc(Cl)cc1)N1CCN(Cc2nc(-c3ccc(Cl)cc3)no2)CC1. The summed E-state index contributed by atoms with van der Waals surface area (Å²) in [5.74, 6) is 1.90. The van der Waals surface area contributed by atoms with Crippen LogP contribution >= 0.6 is 23.2 Å². The molecule has 3 aromatic rings. The number of carbonyl (C=O) groups is 1. The van der Waals surface area contributed by atoms with E-state index in [1.165, 1.54) is 0 Å². The summed E-state index contributed by atoms with van der Waals surface area (Å²) in [6, 6.07) is 14.4. The monoisotopic (exact) mass is 460 g/mol. The van der Waals surface area contributed by atoms with Gasteiger partial charge < -0.3 is 14.2 Å². The highest BCUT2D eigenvalue weighted by Gasteiger charge is 2.22. The van der Waals surface area contributed by atoms with Gasteiger partial charge in [-0.2, -0.15) is 4.98 Å². The average molecular weight is 461 g/mol. The van der Waals surface area contributed by atoms with Gasteiger partial charge in [0.1, 0.15) is 5.75 Å². The Balaban J connectivity index is 1.20. The van der Waals surface area contributed by atoms with Crippen molar-refractivity contribution in [3.05, 3.63) is 64.5 Å². The lowest BCUT2D eigenvalue weighted by Gasteiger charge is -2.34. The van der Waals surface area contributed by atoms with E-state index in [9.17, 15) is 4.79 Å². The predicted octanol–water partition coefficient (Wildman–Crippen LogP) is 4.16. The molecule has 162 valence electrons. The highest BCUT2D eigenvalue weighted by molar-refractivity contribution is 6.30. The number of benzene rings is 2. The molecule has 31 heavy (non-hydrogen) atoms. The molecule has 2 heterocycles. The zero-order valence-corrected chi connectivity index (χ0v) is 18.3. The fourth-order valence-electron chi connectivity index (χ4n) is 3.33. The first-order valence-electron chi connectivity index (χ1n) is 10.0. The van der Waals surface area contributed by atoms with Crippen LogP contribution in [0.4, 0.5) is 0 Å². The first-order valence-corrected chi connectivity index (χ1v) is 10.8. The van der Waals surface area contributed by atoms with Crippen molar-refractivity contribution in [2.24, 2.45) is 0 Å². The second-order valence-electron chi connectivity index (χ2n) is 7.23. The van der Waals surface area contributed by atoms with Crippen molar-refractivity contribution in [2.75, 3.05) is 32.8 Å². The molecule has 0 radical (unpaired) electrons. The second-order valence-corrected chi connectivity index (χ2v) is 8.10. The van der Waals surface area contributed by atoms with Crippen molar-refractivity contribution in [2.45, 2.75) is 13.0 Å². The Kier molecular flexibility index (Phi) is 7.06. The summed E-state index contributed by atoms with van der Waals surface area (Å²) in [5.41, 5.74) is 0.857. The molecular formula is C22H22Cl2N4O3. The first-order chi connectivity index (χ1) is 15.1. The molecule has 1 aromatic heterocycles. The molecule has 1 fully saturated rings. The van der Waals surface area contributed by atoms with E-state index in [2.05, 4.69) is 15.0 Å². The van der Waals surface area contributed by atoms with Crippen LogP contribution in [0.5, 0.6) is 5.75 Å². The fraction of sp³-hybridized carbons (Fsp3) is 0.318. The Morgan fingerprint density at radius 3 is 2.29 bits per heavy atom. The van der Waals surface area contributed by atoms with E-state index < -0.39 is 0 Å². The number of nitrogens with zero attached hydrogens (tertiary/aromatic N) is 4. The molecule has 0 spiro atoms. The largest absolute Gasteiger partial charge is 0.493 e. The number of hydrogen-bond acceptors (Lipinski definition) is 6. The maximum absolute atomic E-state index is 12.4. The molecule has 1 aliphatic heterocycles. The van der Waals surface area contributed by atoms with E-state index in [4.69, 9.17) is 32.5 Å². The van der Waals surface area contributed by atoms with Crippen molar-refractivity contribution in [3.8, 4) is 17.1 Å². The van der Waals surface area contributed by atoms with Gasteiger partial charge in [0.2, 0.25) is 17.6 Å². The minimum Gasteiger partial charge on any atom is -0.493 e. The molecule has 0 bridgehead atoms. The molecule has 0 unspecified atom stereocenters. The van der Waals surface area contributed by atoms with Crippen LogP contribution in [-0.4, -0.2) is 58.6 Å². The third-order valence-corrected chi connectivity index (χ3v) is 5.56. The number of halogens is 2. The molecule has 0 atom stereocenters. The highest BCUT2D eigenvalue weighted by Crippen LogP contribution is 2.19. The smallest absolute Gasteiger partial charge is 0.241 e. The summed E-state index contributed by atoms with van der Waals surface area (Å²) < 4.78 is 11.0. The van der Waals surface area contributed by atoms with Crippen LogP contribution in [-0.2, 0) is 11.3 Å². The fourth-order valence-corrected chi connectivity index (χ4v) is 3.58. The Morgan fingerprint density at radius 2 is 1.61 bits per heavy atom. The number of hydrogen-bond donors (Lipinski definition) is 0. The molecule has 2 aromatic carbocycles. The molecule has 0 aliphatic carbocycles. The average Bonchev–Trinajstić information content (AvgIpc) is 3.24. The van der Waals surface area contributed by atoms with Crippen LogP contribution < -0.4 is 4.74 Å². The van der Waals surface area contributed by atoms with E-state index >= 15 is 0 Å². The molecule has 1 saturated heterocycles. The van der Waals surface area contributed by atoms with Gasteiger partial charge in [-0.25, -0.2) is 0 Å². The summed E-state index contributed by atoms with van der Waals surface area (Å²) in [7, 11) is 0. The topological polar surface area (TPSA) is 71.7 Å². The van der Waals surface area contributed by atoms with Crippen molar-refractivity contribution >= 4 is 29.1 Å². The van der Waals surface area contributed by atoms with Gasteiger partial charge in [-0.3, -0.25) is 9.69 Å². The Morgan fingerprint density at radius 1 is 0.968 bits per heavy atom. The Labute approximate surface area is 190 Å². The van der Waals surface area contributed by atoms with Crippen LogP contribution in [0.1, 0.15) is 12.3 Å². The zero-order chi connectivity index (χ0) is 21.6. The summed E-state index contributed by atoms with van der Waals surface area (Å²) in [6.45, 7) is 3.74. The van der Waals surface area contributed by atoms with Gasteiger partial charge in [0, 0.05) is 41.8 Å². The quantitative estimate of drug-likeness (QED) is 0.527. The van der Waals surface area contributed by atoms with E-state index in [0.29, 0.717) is 60.2 Å². The van der Waals surface area contributed by atoms with Crippen LogP contribution in [0, 0.1) is 0 Å². The number of amides is 1. The van der Waals surface area contributed by atoms with Crippen molar-refractivity contribution in [3.63, 3.8) is 0 Å². The maximum atomic E-state index is 12.4. The third kappa shape index (κ3) is 5.97. The van der Waals surface area contributed by atoms with Gasteiger partial charge in [0.25, 0.3) is 0 Å². The Bertz CT molecular complexity index is 1000. The van der Waals surface area contributed by atoms with Crippen LogP contribution in [0.25, 0.3) is 11.4 Å². The summed E-state index contributed by atoms with van der Waals surface area (Å²) in [6.07, 6.45) is 0.344. The lowest BCUT2D eigenvalue weighted by molar-refractivity contribution is -0.133. The highest BCUT2D eigenvalue weighted by atomic mass is 35.5. The molecule has 0 saturated carbocycles. The predicted molar refractivity (Wildman–Crippen MR) is 118 cm³/mol. The molecule has 0 N–H and O–H groups in total. The van der Waals surface area contributed by atoms with E-state index in [1.54, 1.807) is 36.4 Å². The molecular weight excluding hydrogens is 439 g/mol. The summed E-state index contributed by atoms with van der Waals surface area (Å²) in [5, 5.41) is 5.37. The number of aromatic nitrogens is 2. The number of carbonyl (C=O) groups excluding carboxylic acids is 1. The van der Waals surface area contributed by atoms with Crippen molar-refractivity contribution < 1.29 is 14.1 Å². The van der Waals surface area contributed by atoms with Gasteiger partial charge >= 0.3 is 0 Å². The molecule has 1 amide bonds. The lowest BCUT2D eigenvalue weighted by Crippen LogP contribution is -2.48. The van der Waals surface area contributed by atoms with Gasteiger partial charge in [0.05, 0.1) is 19.6 Å². The number of rotatable bonds is 7. The zero-order valence-electron chi connectivity index (χ0n) is 16.8. The maximum Gasteiger partial charge on any atom is 0.241 e. The Hall–Kier alpha value is -2.61. The van der Waals surface area contributed by atoms with Crippen LogP contribution in [0.2, 0.25) is 10.0 Å². The van der Waals surface area contributed by atoms with Crippen molar-refractivity contribution in [1.29, 1.82) is 0 Å². The standard InChI is InChI=1S/C22H22Cl2N4O3/c23-17-3-1-16(2-4-17)22-25-20(31-26-22)15-27-10-12-28(13-11-27)21(29)9-14-30-19-7-5-18(24)6-8-19/h1-8H,9-15H2. The normalized spacial score (nSPS) is 14.6. The minimum absolute atomic E-state index is 0.0939. The van der Waals surface area contributed by atoms with Crippen LogP contribution in [0.15, 0.2) is 53.1 Å². The molecule has 1 aliphatic rings. The number of piperazine rings is 1. The molecule has 7 nitrogen and oxygen atoms in total. The lowest BCUT2D eigenvalue weighted by atomic mass is 10.2. The van der Waals surface area contributed by atoms with Gasteiger partial charge in [-0.1, -0.05) is 28.4 Å². The van der Waals surface area contributed by atoms with Gasteiger partial charge in [0.15, 0.2) is 0 Å². The second kappa shape index (κ2) is 10.1. The molecule has 9 heteroatoms. The first kappa shape index (κ1) is 21.6. The van der Waals surface area contributed by atoms with Gasteiger partial charge in [-0.05, 0) is 48.5 Å². The number of ether oxygens (including phenoxy) is 1. The summed E-state index contributed by atoms with van der Waals surface area (Å²) in [4.78, 5) is 21.0. The minimum atomic E-state index is 0.0939. The van der Waals surface area contributed by atoms with E-state index in [-0.39, 0.29) is 5.91 Å².